The number of anilines is 1. The van der Waals surface area contributed by atoms with Crippen LogP contribution >= 0.6 is 12.2 Å². The van der Waals surface area contributed by atoms with E-state index >= 15 is 0 Å². The van der Waals surface area contributed by atoms with E-state index in [1.165, 1.54) is 11.1 Å². The first-order valence-corrected chi connectivity index (χ1v) is 5.55. The number of hydrogen-bond acceptors (Lipinski definition) is 1. The Morgan fingerprint density at radius 1 is 1.33 bits per heavy atom. The summed E-state index contributed by atoms with van der Waals surface area (Å²) in [6.45, 7) is 6.46. The molecule has 15 heavy (non-hydrogen) atoms. The number of benzene rings is 1. The van der Waals surface area contributed by atoms with Gasteiger partial charge in [0.1, 0.15) is 0 Å². The van der Waals surface area contributed by atoms with Gasteiger partial charge in [-0.15, -0.1) is 0 Å². The van der Waals surface area contributed by atoms with Gasteiger partial charge in [0.25, 0.3) is 0 Å². The molecule has 3 heteroatoms. The summed E-state index contributed by atoms with van der Waals surface area (Å²) in [6.07, 6.45) is 0. The summed E-state index contributed by atoms with van der Waals surface area (Å²) in [5.41, 5.74) is 3.65. The summed E-state index contributed by atoms with van der Waals surface area (Å²) >= 11 is 5.12. The van der Waals surface area contributed by atoms with Gasteiger partial charge in [-0.3, -0.25) is 0 Å². The first kappa shape index (κ1) is 12.0. The van der Waals surface area contributed by atoms with Crippen LogP contribution in [0.3, 0.4) is 0 Å². The molecule has 0 heterocycles. The van der Waals surface area contributed by atoms with Crippen LogP contribution in [-0.2, 0) is 0 Å². The van der Waals surface area contributed by atoms with Gasteiger partial charge in [0.15, 0.2) is 5.11 Å². The Morgan fingerprint density at radius 2 is 2.00 bits per heavy atom. The average molecular weight is 222 g/mol. The first-order chi connectivity index (χ1) is 7.06. The molecular formula is C12H18N2S. The lowest BCUT2D eigenvalue weighted by atomic mass is 9.98. The highest BCUT2D eigenvalue weighted by Crippen LogP contribution is 2.27. The van der Waals surface area contributed by atoms with E-state index in [1.54, 1.807) is 0 Å². The minimum atomic E-state index is 0.493. The van der Waals surface area contributed by atoms with Gasteiger partial charge in [0.05, 0.1) is 0 Å². The molecule has 0 fully saturated rings. The van der Waals surface area contributed by atoms with Crippen LogP contribution in [0, 0.1) is 6.92 Å². The van der Waals surface area contributed by atoms with E-state index in [2.05, 4.69) is 49.6 Å². The standard InChI is InChI=1S/C12H18N2S/c1-8(2)10-7-5-6-9(3)11(10)14-12(15)13-4/h5-8H,1-4H3,(H2,13,14,15). The predicted molar refractivity (Wildman–Crippen MR) is 70.5 cm³/mol. The molecule has 2 nitrogen and oxygen atoms in total. The van der Waals surface area contributed by atoms with Crippen molar-refractivity contribution in [3.05, 3.63) is 29.3 Å². The van der Waals surface area contributed by atoms with Gasteiger partial charge in [0.2, 0.25) is 0 Å². The van der Waals surface area contributed by atoms with Gasteiger partial charge < -0.3 is 10.6 Å². The lowest BCUT2D eigenvalue weighted by Gasteiger charge is -2.17. The Balaban J connectivity index is 3.07. The van der Waals surface area contributed by atoms with E-state index in [1.807, 2.05) is 7.05 Å². The van der Waals surface area contributed by atoms with Crippen molar-refractivity contribution < 1.29 is 0 Å². The molecule has 0 spiro atoms. The summed E-state index contributed by atoms with van der Waals surface area (Å²) in [4.78, 5) is 0. The molecular weight excluding hydrogens is 204 g/mol. The van der Waals surface area contributed by atoms with Gasteiger partial charge >= 0.3 is 0 Å². The fourth-order valence-corrected chi connectivity index (χ4v) is 1.62. The highest BCUT2D eigenvalue weighted by Gasteiger charge is 2.09. The molecule has 0 atom stereocenters. The van der Waals surface area contributed by atoms with Crippen LogP contribution in [0.15, 0.2) is 18.2 Å². The van der Waals surface area contributed by atoms with Crippen molar-refractivity contribution in [1.29, 1.82) is 0 Å². The quantitative estimate of drug-likeness (QED) is 0.752. The summed E-state index contributed by atoms with van der Waals surface area (Å²) in [6, 6.07) is 6.31. The molecule has 0 aliphatic heterocycles. The lowest BCUT2D eigenvalue weighted by Crippen LogP contribution is -2.25. The van der Waals surface area contributed by atoms with Crippen molar-refractivity contribution in [3.63, 3.8) is 0 Å². The van der Waals surface area contributed by atoms with E-state index in [4.69, 9.17) is 12.2 Å². The van der Waals surface area contributed by atoms with Crippen molar-refractivity contribution in [3.8, 4) is 0 Å². The van der Waals surface area contributed by atoms with Crippen LogP contribution in [0.1, 0.15) is 30.9 Å². The fourth-order valence-electron chi connectivity index (χ4n) is 1.52. The monoisotopic (exact) mass is 222 g/mol. The van der Waals surface area contributed by atoms with Crippen LogP contribution in [0.4, 0.5) is 5.69 Å². The smallest absolute Gasteiger partial charge is 0.170 e. The Bertz CT molecular complexity index is 359. The first-order valence-electron chi connectivity index (χ1n) is 5.14. The number of aryl methyl sites for hydroxylation is 1. The maximum atomic E-state index is 5.12. The molecule has 82 valence electrons. The molecule has 1 aromatic carbocycles. The maximum absolute atomic E-state index is 5.12. The van der Waals surface area contributed by atoms with Crippen molar-refractivity contribution in [2.45, 2.75) is 26.7 Å². The highest BCUT2D eigenvalue weighted by molar-refractivity contribution is 7.80. The van der Waals surface area contributed by atoms with Crippen molar-refractivity contribution in [1.82, 2.24) is 5.32 Å². The highest BCUT2D eigenvalue weighted by atomic mass is 32.1. The number of para-hydroxylation sites is 1. The molecule has 0 bridgehead atoms. The zero-order valence-corrected chi connectivity index (χ0v) is 10.5. The van der Waals surface area contributed by atoms with E-state index in [9.17, 15) is 0 Å². The molecule has 0 aliphatic rings. The third kappa shape index (κ3) is 2.93. The van der Waals surface area contributed by atoms with Gasteiger partial charge in [0, 0.05) is 12.7 Å². The van der Waals surface area contributed by atoms with Gasteiger partial charge in [-0.2, -0.15) is 0 Å². The second-order valence-electron chi connectivity index (χ2n) is 3.90. The number of hydrogen-bond donors (Lipinski definition) is 2. The predicted octanol–water partition coefficient (Wildman–Crippen LogP) is 3.03. The minimum absolute atomic E-state index is 0.493. The van der Waals surface area contributed by atoms with E-state index in [0.717, 1.165) is 5.69 Å². The number of rotatable bonds is 2. The fraction of sp³-hybridized carbons (Fsp3) is 0.417. The molecule has 0 saturated carbocycles. The molecule has 0 radical (unpaired) electrons. The Labute approximate surface area is 97.1 Å². The summed E-state index contributed by atoms with van der Waals surface area (Å²) in [5, 5.41) is 6.82. The Kier molecular flexibility index (Phi) is 4.09. The van der Waals surface area contributed by atoms with Crippen LogP contribution in [0.5, 0.6) is 0 Å². The summed E-state index contributed by atoms with van der Waals surface area (Å²) in [5.74, 6) is 0.493. The second kappa shape index (κ2) is 5.12. The molecule has 0 unspecified atom stereocenters. The van der Waals surface area contributed by atoms with Crippen LogP contribution in [0.25, 0.3) is 0 Å². The van der Waals surface area contributed by atoms with Crippen LogP contribution < -0.4 is 10.6 Å². The molecule has 0 saturated heterocycles. The molecule has 2 N–H and O–H groups in total. The van der Waals surface area contributed by atoms with Gasteiger partial charge in [-0.25, -0.2) is 0 Å². The summed E-state index contributed by atoms with van der Waals surface area (Å²) < 4.78 is 0. The van der Waals surface area contributed by atoms with Gasteiger partial charge in [-0.05, 0) is 36.2 Å². The molecule has 0 aromatic heterocycles. The second-order valence-corrected chi connectivity index (χ2v) is 4.31. The van der Waals surface area contributed by atoms with Crippen LogP contribution in [0.2, 0.25) is 0 Å². The van der Waals surface area contributed by atoms with Gasteiger partial charge in [-0.1, -0.05) is 32.0 Å². The maximum Gasteiger partial charge on any atom is 0.170 e. The third-order valence-electron chi connectivity index (χ3n) is 2.39. The van der Waals surface area contributed by atoms with Crippen LogP contribution in [-0.4, -0.2) is 12.2 Å². The van der Waals surface area contributed by atoms with Crippen molar-refractivity contribution in [2.75, 3.05) is 12.4 Å². The number of nitrogens with one attached hydrogen (secondary N) is 2. The normalized spacial score (nSPS) is 10.2. The van der Waals surface area contributed by atoms with E-state index in [0.29, 0.717) is 11.0 Å². The summed E-state index contributed by atoms with van der Waals surface area (Å²) in [7, 11) is 1.82. The SMILES string of the molecule is CNC(=S)Nc1c(C)cccc1C(C)C. The molecule has 1 rings (SSSR count). The zero-order valence-electron chi connectivity index (χ0n) is 9.72. The molecule has 0 aliphatic carbocycles. The van der Waals surface area contributed by atoms with Crippen molar-refractivity contribution >= 4 is 23.0 Å². The average Bonchev–Trinajstić information content (AvgIpc) is 2.20. The van der Waals surface area contributed by atoms with E-state index < -0.39 is 0 Å². The minimum Gasteiger partial charge on any atom is -0.366 e. The molecule has 1 aromatic rings. The zero-order chi connectivity index (χ0) is 11.4. The Morgan fingerprint density at radius 3 is 2.53 bits per heavy atom. The third-order valence-corrected chi connectivity index (χ3v) is 2.70. The van der Waals surface area contributed by atoms with E-state index in [-0.39, 0.29) is 0 Å². The largest absolute Gasteiger partial charge is 0.366 e. The number of thiocarbonyl (C=S) groups is 1. The topological polar surface area (TPSA) is 24.1 Å². The molecule has 0 amide bonds. The lowest BCUT2D eigenvalue weighted by molar-refractivity contribution is 0.867. The van der Waals surface area contributed by atoms with Crippen molar-refractivity contribution in [2.24, 2.45) is 0 Å². The Hall–Kier alpha value is -1.09.